The van der Waals surface area contributed by atoms with Gasteiger partial charge in [0.2, 0.25) is 5.91 Å². The van der Waals surface area contributed by atoms with E-state index in [2.05, 4.69) is 16.4 Å². The molecule has 2 aromatic carbocycles. The summed E-state index contributed by atoms with van der Waals surface area (Å²) in [5, 5.41) is 14.0. The summed E-state index contributed by atoms with van der Waals surface area (Å²) >= 11 is 1.29. The number of aromatic nitrogens is 1. The highest BCUT2D eigenvalue weighted by Gasteiger charge is 2.13. The Morgan fingerprint density at radius 3 is 2.59 bits per heavy atom. The average Bonchev–Trinajstić information content (AvgIpc) is 2.66. The van der Waals surface area contributed by atoms with E-state index >= 15 is 0 Å². The Morgan fingerprint density at radius 2 is 1.85 bits per heavy atom. The molecule has 1 aromatic heterocycles. The van der Waals surface area contributed by atoms with Crippen molar-refractivity contribution in [2.45, 2.75) is 32.7 Å². The number of amides is 1. The van der Waals surface area contributed by atoms with Gasteiger partial charge in [-0.1, -0.05) is 36.0 Å². The molecule has 3 aromatic rings. The zero-order chi connectivity index (χ0) is 19.6. The van der Waals surface area contributed by atoms with Crippen LogP contribution in [-0.2, 0) is 4.79 Å². The Hall–Kier alpha value is -2.84. The van der Waals surface area contributed by atoms with Crippen LogP contribution in [0.4, 0.5) is 5.69 Å². The maximum absolute atomic E-state index is 12.4. The van der Waals surface area contributed by atoms with Crippen LogP contribution < -0.4 is 5.32 Å². The molecule has 0 saturated heterocycles. The average molecular weight is 375 g/mol. The fraction of sp³-hybridized carbons (Fsp3) is 0.227. The molecule has 3 rings (SSSR count). The van der Waals surface area contributed by atoms with Crippen LogP contribution in [0.5, 0.6) is 0 Å². The Labute approximate surface area is 163 Å². The Kier molecular flexibility index (Phi) is 5.48. The van der Waals surface area contributed by atoms with Gasteiger partial charge in [0, 0.05) is 11.1 Å². The monoisotopic (exact) mass is 375 g/mol. The Morgan fingerprint density at radius 1 is 1.11 bits per heavy atom. The SMILES string of the molecule is Cc1cccc(NC(=O)CSc2nc3c(C)ccc(C)c3cc2C#N)c1C. The van der Waals surface area contributed by atoms with E-state index in [0.29, 0.717) is 10.6 Å². The van der Waals surface area contributed by atoms with Gasteiger partial charge in [0.1, 0.15) is 11.1 Å². The van der Waals surface area contributed by atoms with E-state index in [1.165, 1.54) is 11.8 Å². The van der Waals surface area contributed by atoms with Crippen molar-refractivity contribution in [3.05, 3.63) is 64.2 Å². The summed E-state index contributed by atoms with van der Waals surface area (Å²) in [7, 11) is 0. The summed E-state index contributed by atoms with van der Waals surface area (Å²) in [5.41, 5.74) is 6.54. The van der Waals surface area contributed by atoms with Gasteiger partial charge in [0.15, 0.2) is 0 Å². The molecular formula is C22H21N3OS. The van der Waals surface area contributed by atoms with Crippen LogP contribution in [0, 0.1) is 39.0 Å². The molecule has 0 atom stereocenters. The molecule has 4 nitrogen and oxygen atoms in total. The molecule has 0 aliphatic carbocycles. The predicted octanol–water partition coefficient (Wildman–Crippen LogP) is 5.07. The lowest BCUT2D eigenvalue weighted by atomic mass is 10.0. The van der Waals surface area contributed by atoms with Gasteiger partial charge in [0.25, 0.3) is 0 Å². The number of anilines is 1. The van der Waals surface area contributed by atoms with E-state index in [9.17, 15) is 10.1 Å². The first kappa shape index (κ1) is 18.9. The highest BCUT2D eigenvalue weighted by Crippen LogP contribution is 2.28. The second kappa shape index (κ2) is 7.81. The van der Waals surface area contributed by atoms with E-state index < -0.39 is 0 Å². The normalized spacial score (nSPS) is 10.6. The molecule has 0 bridgehead atoms. The molecule has 1 amide bonds. The number of pyridine rings is 1. The van der Waals surface area contributed by atoms with Crippen LogP contribution >= 0.6 is 11.8 Å². The molecule has 0 radical (unpaired) electrons. The van der Waals surface area contributed by atoms with Gasteiger partial charge < -0.3 is 5.32 Å². The summed E-state index contributed by atoms with van der Waals surface area (Å²) in [6, 6.07) is 14.0. The van der Waals surface area contributed by atoms with E-state index in [0.717, 1.165) is 38.8 Å². The van der Waals surface area contributed by atoms with Crippen LogP contribution in [0.2, 0.25) is 0 Å². The van der Waals surface area contributed by atoms with Gasteiger partial charge >= 0.3 is 0 Å². The van der Waals surface area contributed by atoms with Gasteiger partial charge in [-0.2, -0.15) is 5.26 Å². The standard InChI is InChI=1S/C22H21N3OS/c1-13-6-5-7-19(16(13)4)24-20(26)12-27-22-17(11-23)10-18-14(2)8-9-15(3)21(18)25-22/h5-10H,12H2,1-4H3,(H,24,26). The number of hydrogen-bond donors (Lipinski definition) is 1. The third-order valence-corrected chi connectivity index (χ3v) is 5.70. The molecule has 0 saturated carbocycles. The number of thioether (sulfide) groups is 1. The fourth-order valence-electron chi connectivity index (χ4n) is 2.91. The lowest BCUT2D eigenvalue weighted by Gasteiger charge is -2.11. The number of nitrogens with zero attached hydrogens (tertiary/aromatic N) is 2. The quantitative estimate of drug-likeness (QED) is 0.647. The van der Waals surface area contributed by atoms with Crippen molar-refractivity contribution in [3.8, 4) is 6.07 Å². The molecule has 0 spiro atoms. The first-order valence-corrected chi connectivity index (χ1v) is 9.69. The third-order valence-electron chi connectivity index (χ3n) is 4.71. The first-order valence-electron chi connectivity index (χ1n) is 8.70. The summed E-state index contributed by atoms with van der Waals surface area (Å²) in [4.78, 5) is 17.1. The minimum absolute atomic E-state index is 0.111. The molecule has 0 fully saturated rings. The second-order valence-electron chi connectivity index (χ2n) is 6.63. The minimum Gasteiger partial charge on any atom is -0.325 e. The molecule has 1 heterocycles. The molecule has 5 heteroatoms. The van der Waals surface area contributed by atoms with Crippen molar-refractivity contribution >= 4 is 34.3 Å². The van der Waals surface area contributed by atoms with Crippen LogP contribution in [-0.4, -0.2) is 16.6 Å². The molecule has 136 valence electrons. The van der Waals surface area contributed by atoms with Crippen molar-refractivity contribution < 1.29 is 4.79 Å². The molecule has 0 aliphatic rings. The predicted molar refractivity (Wildman–Crippen MR) is 111 cm³/mol. The van der Waals surface area contributed by atoms with Crippen molar-refractivity contribution in [2.75, 3.05) is 11.1 Å². The van der Waals surface area contributed by atoms with Crippen LogP contribution in [0.15, 0.2) is 41.4 Å². The zero-order valence-electron chi connectivity index (χ0n) is 15.9. The summed E-state index contributed by atoms with van der Waals surface area (Å²) in [6.07, 6.45) is 0. The maximum atomic E-state index is 12.4. The molecule has 0 aliphatic heterocycles. The van der Waals surface area contributed by atoms with Gasteiger partial charge in [0.05, 0.1) is 16.8 Å². The number of nitrogens with one attached hydrogen (secondary N) is 1. The number of carbonyl (C=O) groups is 1. The molecule has 1 N–H and O–H groups in total. The third kappa shape index (κ3) is 3.96. The van der Waals surface area contributed by atoms with Gasteiger partial charge in [-0.25, -0.2) is 4.98 Å². The summed E-state index contributed by atoms with van der Waals surface area (Å²) in [6.45, 7) is 8.02. The topological polar surface area (TPSA) is 65.8 Å². The van der Waals surface area contributed by atoms with E-state index in [1.807, 2.05) is 64.1 Å². The lowest BCUT2D eigenvalue weighted by molar-refractivity contribution is -0.113. The lowest BCUT2D eigenvalue weighted by Crippen LogP contribution is -2.15. The number of benzene rings is 2. The van der Waals surface area contributed by atoms with E-state index in [-0.39, 0.29) is 11.7 Å². The van der Waals surface area contributed by atoms with Crippen molar-refractivity contribution in [1.29, 1.82) is 5.26 Å². The molecule has 27 heavy (non-hydrogen) atoms. The van der Waals surface area contributed by atoms with Crippen molar-refractivity contribution in [3.63, 3.8) is 0 Å². The fourth-order valence-corrected chi connectivity index (χ4v) is 3.67. The van der Waals surface area contributed by atoms with Crippen LogP contribution in [0.3, 0.4) is 0 Å². The largest absolute Gasteiger partial charge is 0.325 e. The van der Waals surface area contributed by atoms with E-state index in [4.69, 9.17) is 0 Å². The highest BCUT2D eigenvalue weighted by atomic mass is 32.2. The molecular weight excluding hydrogens is 354 g/mol. The summed E-state index contributed by atoms with van der Waals surface area (Å²) < 4.78 is 0. The minimum atomic E-state index is -0.111. The molecule has 0 unspecified atom stereocenters. The number of fused-ring (bicyclic) bond motifs is 1. The second-order valence-corrected chi connectivity index (χ2v) is 7.60. The van der Waals surface area contributed by atoms with E-state index in [1.54, 1.807) is 0 Å². The van der Waals surface area contributed by atoms with Gasteiger partial charge in [-0.05, 0) is 62.1 Å². The number of hydrogen-bond acceptors (Lipinski definition) is 4. The van der Waals surface area contributed by atoms with Crippen LogP contribution in [0.1, 0.15) is 27.8 Å². The number of carbonyl (C=O) groups excluding carboxylic acids is 1. The number of aryl methyl sites for hydroxylation is 3. The summed E-state index contributed by atoms with van der Waals surface area (Å²) in [5.74, 6) is 0.0891. The number of rotatable bonds is 4. The van der Waals surface area contributed by atoms with Crippen LogP contribution in [0.25, 0.3) is 10.9 Å². The Balaban J connectivity index is 1.82. The smallest absolute Gasteiger partial charge is 0.234 e. The Bertz CT molecular complexity index is 1080. The zero-order valence-corrected chi connectivity index (χ0v) is 16.7. The van der Waals surface area contributed by atoms with Gasteiger partial charge in [-0.15, -0.1) is 0 Å². The highest BCUT2D eigenvalue weighted by molar-refractivity contribution is 8.00. The maximum Gasteiger partial charge on any atom is 0.234 e. The number of nitriles is 1. The van der Waals surface area contributed by atoms with Crippen molar-refractivity contribution in [1.82, 2.24) is 4.98 Å². The van der Waals surface area contributed by atoms with Crippen molar-refractivity contribution in [2.24, 2.45) is 0 Å². The first-order chi connectivity index (χ1) is 12.9. The van der Waals surface area contributed by atoms with Gasteiger partial charge in [-0.3, -0.25) is 4.79 Å².